The van der Waals surface area contributed by atoms with Gasteiger partial charge in [0.1, 0.15) is 0 Å². The molecule has 18 heavy (non-hydrogen) atoms. The Bertz CT molecular complexity index is 348. The molecule has 0 unspecified atom stereocenters. The van der Waals surface area contributed by atoms with Gasteiger partial charge in [-0.15, -0.1) is 0 Å². The molecule has 104 valence electrons. The molecule has 0 heteroatoms. The normalized spacial score (nSPS) is 16.2. The summed E-state index contributed by atoms with van der Waals surface area (Å²) in [6, 6.07) is 0. The van der Waals surface area contributed by atoms with Crippen molar-refractivity contribution >= 4 is 0 Å². The van der Waals surface area contributed by atoms with Gasteiger partial charge in [-0.3, -0.25) is 0 Å². The van der Waals surface area contributed by atoms with E-state index in [-0.39, 0.29) is 10.8 Å². The molecule has 0 spiro atoms. The Balaban J connectivity index is 5.61. The minimum Gasteiger partial charge on any atom is -0.0839 e. The van der Waals surface area contributed by atoms with Gasteiger partial charge in [0, 0.05) is 0 Å². The largest absolute Gasteiger partial charge is 0.0839 e. The Morgan fingerprint density at radius 1 is 0.833 bits per heavy atom. The van der Waals surface area contributed by atoms with Gasteiger partial charge in [-0.2, -0.15) is 0 Å². The van der Waals surface area contributed by atoms with Gasteiger partial charge in [0.25, 0.3) is 0 Å². The second kappa shape index (κ2) is 6.41. The minimum absolute atomic E-state index is 0.190. The van der Waals surface area contributed by atoms with Crippen LogP contribution in [0.1, 0.15) is 68.7 Å². The zero-order valence-electron chi connectivity index (χ0n) is 13.9. The first-order valence-corrected chi connectivity index (χ1v) is 7.08. The van der Waals surface area contributed by atoms with E-state index in [0.29, 0.717) is 0 Å². The monoisotopic (exact) mass is 248 g/mol. The summed E-state index contributed by atoms with van der Waals surface area (Å²) in [6.07, 6.45) is 8.09. The summed E-state index contributed by atoms with van der Waals surface area (Å²) in [4.78, 5) is 0. The third-order valence-corrected chi connectivity index (χ3v) is 3.31. The Morgan fingerprint density at radius 2 is 1.28 bits per heavy atom. The molecule has 0 fully saturated rings. The molecule has 0 heterocycles. The second-order valence-corrected chi connectivity index (χ2v) is 7.19. The number of rotatable bonds is 3. The van der Waals surface area contributed by atoms with E-state index in [1.165, 1.54) is 16.7 Å². The summed E-state index contributed by atoms with van der Waals surface area (Å²) < 4.78 is 0. The van der Waals surface area contributed by atoms with Crippen molar-refractivity contribution in [2.45, 2.75) is 68.7 Å². The Kier molecular flexibility index (Phi) is 6.13. The van der Waals surface area contributed by atoms with Crippen molar-refractivity contribution in [3.63, 3.8) is 0 Å². The van der Waals surface area contributed by atoms with Crippen molar-refractivity contribution in [2.24, 2.45) is 10.8 Å². The van der Waals surface area contributed by atoms with E-state index >= 15 is 0 Å². The van der Waals surface area contributed by atoms with E-state index in [2.05, 4.69) is 80.5 Å². The summed E-state index contributed by atoms with van der Waals surface area (Å²) in [5.74, 6) is 0. The van der Waals surface area contributed by atoms with Crippen LogP contribution in [0.15, 0.2) is 34.9 Å². The van der Waals surface area contributed by atoms with E-state index < -0.39 is 0 Å². The highest BCUT2D eigenvalue weighted by Gasteiger charge is 2.19. The van der Waals surface area contributed by atoms with Gasteiger partial charge in [0.2, 0.25) is 0 Å². The zero-order chi connectivity index (χ0) is 14.6. The van der Waals surface area contributed by atoms with Crippen LogP contribution in [0.2, 0.25) is 0 Å². The van der Waals surface area contributed by atoms with Crippen molar-refractivity contribution < 1.29 is 0 Å². The van der Waals surface area contributed by atoms with Gasteiger partial charge in [0.05, 0.1) is 0 Å². The van der Waals surface area contributed by atoms with Gasteiger partial charge in [-0.1, -0.05) is 72.3 Å². The van der Waals surface area contributed by atoms with Crippen LogP contribution >= 0.6 is 0 Å². The molecule has 0 aliphatic heterocycles. The number of hydrogen-bond acceptors (Lipinski definition) is 0. The van der Waals surface area contributed by atoms with Gasteiger partial charge in [-0.05, 0) is 42.2 Å². The molecule has 0 saturated carbocycles. The number of allylic oxidation sites excluding steroid dienone is 6. The maximum atomic E-state index is 2.37. The predicted molar refractivity (Wildman–Crippen MR) is 84.8 cm³/mol. The topological polar surface area (TPSA) is 0 Å². The molecule has 0 rings (SSSR count). The van der Waals surface area contributed by atoms with E-state index in [1.54, 1.807) is 0 Å². The van der Waals surface area contributed by atoms with Gasteiger partial charge in [0.15, 0.2) is 0 Å². The average molecular weight is 248 g/mol. The SMILES string of the molecule is CC=C(C=C(C=C(C)CC)C(C)(C)C)C(C)(C)C. The van der Waals surface area contributed by atoms with Crippen molar-refractivity contribution in [3.8, 4) is 0 Å². The van der Waals surface area contributed by atoms with Crippen molar-refractivity contribution in [3.05, 3.63) is 34.9 Å². The van der Waals surface area contributed by atoms with Crippen molar-refractivity contribution in [1.82, 2.24) is 0 Å². The summed E-state index contributed by atoms with van der Waals surface area (Å²) in [6.45, 7) is 20.2. The fourth-order valence-electron chi connectivity index (χ4n) is 1.74. The molecule has 0 aromatic carbocycles. The minimum atomic E-state index is 0.190. The molecule has 0 N–H and O–H groups in total. The summed E-state index contributed by atoms with van der Waals surface area (Å²) in [5.41, 5.74) is 4.67. The van der Waals surface area contributed by atoms with Crippen LogP contribution in [0, 0.1) is 10.8 Å². The molecule has 0 radical (unpaired) electrons. The molecule has 0 aliphatic rings. The fourth-order valence-corrected chi connectivity index (χ4v) is 1.74. The lowest BCUT2D eigenvalue weighted by Crippen LogP contribution is -2.12. The first-order valence-electron chi connectivity index (χ1n) is 7.08. The fraction of sp³-hybridized carbons (Fsp3) is 0.667. The molecule has 0 bridgehead atoms. The lowest BCUT2D eigenvalue weighted by molar-refractivity contribution is 0.497. The van der Waals surface area contributed by atoms with Gasteiger partial charge < -0.3 is 0 Å². The van der Waals surface area contributed by atoms with E-state index in [0.717, 1.165) is 6.42 Å². The average Bonchev–Trinajstić information content (AvgIpc) is 2.20. The first-order chi connectivity index (χ1) is 8.02. The van der Waals surface area contributed by atoms with Crippen LogP contribution in [0.3, 0.4) is 0 Å². The Labute approximate surface area is 115 Å². The highest BCUT2D eigenvalue weighted by molar-refractivity contribution is 5.37. The molecule has 0 aliphatic carbocycles. The van der Waals surface area contributed by atoms with E-state index in [9.17, 15) is 0 Å². The van der Waals surface area contributed by atoms with Gasteiger partial charge in [-0.25, -0.2) is 0 Å². The highest BCUT2D eigenvalue weighted by atomic mass is 14.2. The standard InChI is InChI=1S/C18H32/c1-10-14(3)12-16(18(7,8)9)13-15(11-2)17(4,5)6/h11-13H,10H2,1-9H3. The van der Waals surface area contributed by atoms with E-state index in [1.807, 2.05) is 0 Å². The highest BCUT2D eigenvalue weighted by Crippen LogP contribution is 2.33. The van der Waals surface area contributed by atoms with Crippen LogP contribution in [0.4, 0.5) is 0 Å². The van der Waals surface area contributed by atoms with Crippen LogP contribution in [0.25, 0.3) is 0 Å². The Hall–Kier alpha value is -0.780. The molecule has 0 amide bonds. The maximum Gasteiger partial charge on any atom is -0.0132 e. The smallest absolute Gasteiger partial charge is 0.0132 e. The van der Waals surface area contributed by atoms with Crippen LogP contribution in [0.5, 0.6) is 0 Å². The van der Waals surface area contributed by atoms with Crippen molar-refractivity contribution in [1.29, 1.82) is 0 Å². The van der Waals surface area contributed by atoms with E-state index in [4.69, 9.17) is 0 Å². The molecular formula is C18H32. The molecule has 0 aromatic heterocycles. The molecule has 0 nitrogen and oxygen atoms in total. The predicted octanol–water partition coefficient (Wildman–Crippen LogP) is 6.31. The molecule has 0 saturated heterocycles. The summed E-state index contributed by atoms with van der Waals surface area (Å²) >= 11 is 0. The quantitative estimate of drug-likeness (QED) is 0.513. The molecule has 0 atom stereocenters. The molecular weight excluding hydrogens is 216 g/mol. The number of hydrogen-bond donors (Lipinski definition) is 0. The third-order valence-electron chi connectivity index (χ3n) is 3.31. The lowest BCUT2D eigenvalue weighted by atomic mass is 9.79. The first kappa shape index (κ1) is 17.2. The maximum absolute atomic E-state index is 2.37. The Morgan fingerprint density at radius 3 is 1.56 bits per heavy atom. The van der Waals surface area contributed by atoms with Gasteiger partial charge >= 0.3 is 0 Å². The zero-order valence-corrected chi connectivity index (χ0v) is 13.9. The van der Waals surface area contributed by atoms with Crippen LogP contribution in [-0.4, -0.2) is 0 Å². The van der Waals surface area contributed by atoms with Crippen molar-refractivity contribution in [2.75, 3.05) is 0 Å². The van der Waals surface area contributed by atoms with Crippen LogP contribution < -0.4 is 0 Å². The lowest BCUT2D eigenvalue weighted by Gasteiger charge is -2.26. The summed E-state index contributed by atoms with van der Waals surface area (Å²) in [7, 11) is 0. The third kappa shape index (κ3) is 5.71. The summed E-state index contributed by atoms with van der Waals surface area (Å²) in [5, 5.41) is 0. The molecule has 0 aromatic rings. The second-order valence-electron chi connectivity index (χ2n) is 7.19. The van der Waals surface area contributed by atoms with Crippen LogP contribution in [-0.2, 0) is 0 Å².